The molecule has 1 aromatic carbocycles. The van der Waals surface area contributed by atoms with Gasteiger partial charge in [0.15, 0.2) is 0 Å². The van der Waals surface area contributed by atoms with E-state index in [1.165, 1.54) is 5.56 Å². The van der Waals surface area contributed by atoms with Gasteiger partial charge in [-0.25, -0.2) is 4.39 Å². The van der Waals surface area contributed by atoms with E-state index in [1.807, 2.05) is 18.2 Å². The second-order valence-corrected chi connectivity index (χ2v) is 6.45. The summed E-state index contributed by atoms with van der Waals surface area (Å²) in [5.74, 6) is -0.180. The van der Waals surface area contributed by atoms with Gasteiger partial charge in [0.1, 0.15) is 5.82 Å². The number of nitrogens with one attached hydrogen (secondary N) is 1. The van der Waals surface area contributed by atoms with Crippen LogP contribution in [0.5, 0.6) is 0 Å². The lowest BCUT2D eigenvalue weighted by molar-refractivity contribution is 0.312. The zero-order chi connectivity index (χ0) is 16.9. The van der Waals surface area contributed by atoms with Crippen LogP contribution >= 0.6 is 0 Å². The molecular weight excluding hydrogens is 303 g/mol. The summed E-state index contributed by atoms with van der Waals surface area (Å²) in [6.45, 7) is 6.86. The summed E-state index contributed by atoms with van der Waals surface area (Å²) in [6.07, 6.45) is 3.58. The summed E-state index contributed by atoms with van der Waals surface area (Å²) in [7, 11) is 2.14. The Kier molecular flexibility index (Phi) is 5.43. The van der Waals surface area contributed by atoms with Crippen molar-refractivity contribution in [2.45, 2.75) is 19.5 Å². The number of benzene rings is 1. The third kappa shape index (κ3) is 4.10. The smallest absolute Gasteiger partial charge is 0.123 e. The minimum Gasteiger partial charge on any atom is -0.369 e. The van der Waals surface area contributed by atoms with Gasteiger partial charge in [-0.2, -0.15) is 0 Å². The molecule has 1 N–H and O–H groups in total. The molecule has 0 aliphatic carbocycles. The van der Waals surface area contributed by atoms with Crippen LogP contribution in [-0.2, 0) is 6.54 Å². The Bertz CT molecular complexity index is 654. The molecule has 1 aliphatic rings. The van der Waals surface area contributed by atoms with E-state index in [9.17, 15) is 4.39 Å². The zero-order valence-corrected chi connectivity index (χ0v) is 14.4. The van der Waals surface area contributed by atoms with Gasteiger partial charge in [0.05, 0.1) is 0 Å². The van der Waals surface area contributed by atoms with E-state index in [0.29, 0.717) is 0 Å². The van der Waals surface area contributed by atoms with Gasteiger partial charge in [-0.05, 0) is 55.4 Å². The fraction of sp³-hybridized carbons (Fsp3) is 0.421. The number of pyridine rings is 1. The summed E-state index contributed by atoms with van der Waals surface area (Å²) >= 11 is 0. The lowest BCUT2D eigenvalue weighted by atomic mass is 10.0. The number of hydrogen-bond donors (Lipinski definition) is 1. The first kappa shape index (κ1) is 16.9. The number of nitrogens with zero attached hydrogens (tertiary/aromatic N) is 3. The molecule has 5 heteroatoms. The highest BCUT2D eigenvalue weighted by atomic mass is 19.1. The quantitative estimate of drug-likeness (QED) is 0.914. The van der Waals surface area contributed by atoms with Crippen molar-refractivity contribution >= 4 is 5.69 Å². The summed E-state index contributed by atoms with van der Waals surface area (Å²) < 4.78 is 13.8. The van der Waals surface area contributed by atoms with Gasteiger partial charge in [0.25, 0.3) is 0 Å². The predicted molar refractivity (Wildman–Crippen MR) is 95.6 cm³/mol. The molecule has 1 aliphatic heterocycles. The summed E-state index contributed by atoms with van der Waals surface area (Å²) in [5, 5.41) is 3.50. The average Bonchev–Trinajstić information content (AvgIpc) is 2.61. The van der Waals surface area contributed by atoms with Crippen LogP contribution in [0.3, 0.4) is 0 Å². The fourth-order valence-electron chi connectivity index (χ4n) is 3.09. The standard InChI is InChI=1S/C19H25FN4/c1-15(22-14-16-5-7-21-8-6-16)18-13-17(20)3-4-19(18)24-11-9-23(2)10-12-24/h3-8,13,15,22H,9-12,14H2,1-2H3/t15-/m1/s1. The molecule has 0 bridgehead atoms. The normalized spacial score (nSPS) is 17.0. The summed E-state index contributed by atoms with van der Waals surface area (Å²) in [4.78, 5) is 8.72. The minimum absolute atomic E-state index is 0.0727. The number of aromatic nitrogens is 1. The van der Waals surface area contributed by atoms with E-state index in [4.69, 9.17) is 0 Å². The third-order valence-corrected chi connectivity index (χ3v) is 4.66. The van der Waals surface area contributed by atoms with Crippen LogP contribution in [0, 0.1) is 5.82 Å². The van der Waals surface area contributed by atoms with Crippen LogP contribution in [0.1, 0.15) is 24.1 Å². The maximum absolute atomic E-state index is 13.8. The fourth-order valence-corrected chi connectivity index (χ4v) is 3.09. The van der Waals surface area contributed by atoms with E-state index in [1.54, 1.807) is 24.5 Å². The maximum Gasteiger partial charge on any atom is 0.123 e. The molecule has 0 spiro atoms. The first-order valence-corrected chi connectivity index (χ1v) is 8.48. The molecular formula is C19H25FN4. The number of piperazine rings is 1. The second-order valence-electron chi connectivity index (χ2n) is 6.45. The maximum atomic E-state index is 13.8. The van der Waals surface area contributed by atoms with E-state index in [-0.39, 0.29) is 11.9 Å². The van der Waals surface area contributed by atoms with Crippen molar-refractivity contribution in [2.24, 2.45) is 0 Å². The molecule has 2 aromatic rings. The Morgan fingerprint density at radius 2 is 1.83 bits per heavy atom. The minimum atomic E-state index is -0.180. The first-order valence-electron chi connectivity index (χ1n) is 8.48. The molecule has 0 radical (unpaired) electrons. The number of likely N-dealkylation sites (N-methyl/N-ethyl adjacent to an activating group) is 1. The summed E-state index contributed by atoms with van der Waals surface area (Å²) in [6, 6.07) is 9.20. The zero-order valence-electron chi connectivity index (χ0n) is 14.4. The molecule has 24 heavy (non-hydrogen) atoms. The molecule has 1 aromatic heterocycles. The van der Waals surface area contributed by atoms with Gasteiger partial charge >= 0.3 is 0 Å². The van der Waals surface area contributed by atoms with Crippen molar-refractivity contribution in [2.75, 3.05) is 38.1 Å². The van der Waals surface area contributed by atoms with E-state index >= 15 is 0 Å². The van der Waals surface area contributed by atoms with Crippen molar-refractivity contribution < 1.29 is 4.39 Å². The predicted octanol–water partition coefficient (Wildman–Crippen LogP) is 2.82. The van der Waals surface area contributed by atoms with E-state index in [0.717, 1.165) is 44.0 Å². The van der Waals surface area contributed by atoms with Gasteiger partial charge in [-0.1, -0.05) is 0 Å². The van der Waals surface area contributed by atoms with Crippen LogP contribution in [0.2, 0.25) is 0 Å². The Balaban J connectivity index is 1.74. The Morgan fingerprint density at radius 3 is 2.54 bits per heavy atom. The molecule has 1 atom stereocenters. The second kappa shape index (κ2) is 7.73. The highest BCUT2D eigenvalue weighted by Crippen LogP contribution is 2.28. The summed E-state index contributed by atoms with van der Waals surface area (Å²) in [5.41, 5.74) is 3.34. The van der Waals surface area contributed by atoms with E-state index in [2.05, 4.69) is 34.1 Å². The Morgan fingerprint density at radius 1 is 1.12 bits per heavy atom. The van der Waals surface area contributed by atoms with Crippen molar-refractivity contribution in [1.82, 2.24) is 15.2 Å². The van der Waals surface area contributed by atoms with Gasteiger partial charge < -0.3 is 15.1 Å². The van der Waals surface area contributed by atoms with Crippen molar-refractivity contribution in [3.8, 4) is 0 Å². The van der Waals surface area contributed by atoms with Gasteiger partial charge in [-0.15, -0.1) is 0 Å². The largest absolute Gasteiger partial charge is 0.369 e. The van der Waals surface area contributed by atoms with Crippen LogP contribution in [0.15, 0.2) is 42.7 Å². The SMILES string of the molecule is C[C@@H](NCc1ccncc1)c1cc(F)ccc1N1CCN(C)CC1. The molecule has 0 unspecified atom stereocenters. The first-order chi connectivity index (χ1) is 11.6. The van der Waals surface area contributed by atoms with Gasteiger partial charge in [-0.3, -0.25) is 4.98 Å². The highest BCUT2D eigenvalue weighted by molar-refractivity contribution is 5.55. The Hall–Kier alpha value is -1.98. The topological polar surface area (TPSA) is 31.4 Å². The highest BCUT2D eigenvalue weighted by Gasteiger charge is 2.20. The molecule has 0 amide bonds. The van der Waals surface area contributed by atoms with Crippen LogP contribution in [0.4, 0.5) is 10.1 Å². The molecule has 1 saturated heterocycles. The lowest BCUT2D eigenvalue weighted by Gasteiger charge is -2.36. The third-order valence-electron chi connectivity index (χ3n) is 4.66. The molecule has 1 fully saturated rings. The molecule has 128 valence electrons. The van der Waals surface area contributed by atoms with Crippen LogP contribution in [0.25, 0.3) is 0 Å². The van der Waals surface area contributed by atoms with Crippen LogP contribution in [-0.4, -0.2) is 43.1 Å². The van der Waals surface area contributed by atoms with Gasteiger partial charge in [0.2, 0.25) is 0 Å². The lowest BCUT2D eigenvalue weighted by Crippen LogP contribution is -2.45. The number of halogens is 1. The monoisotopic (exact) mass is 328 g/mol. The molecule has 2 heterocycles. The molecule has 3 rings (SSSR count). The number of anilines is 1. The number of rotatable bonds is 5. The van der Waals surface area contributed by atoms with Crippen LogP contribution < -0.4 is 10.2 Å². The van der Waals surface area contributed by atoms with Crippen molar-refractivity contribution in [3.63, 3.8) is 0 Å². The van der Waals surface area contributed by atoms with E-state index < -0.39 is 0 Å². The molecule has 0 saturated carbocycles. The van der Waals surface area contributed by atoms with Crippen molar-refractivity contribution in [3.05, 3.63) is 59.7 Å². The Labute approximate surface area is 143 Å². The molecule has 4 nitrogen and oxygen atoms in total. The van der Waals surface area contributed by atoms with Gasteiger partial charge in [0, 0.05) is 56.8 Å². The van der Waals surface area contributed by atoms with Crippen molar-refractivity contribution in [1.29, 1.82) is 0 Å². The number of hydrogen-bond acceptors (Lipinski definition) is 4. The average molecular weight is 328 g/mol.